The summed E-state index contributed by atoms with van der Waals surface area (Å²) in [6.45, 7) is 0. The van der Waals surface area contributed by atoms with Crippen LogP contribution in [0.3, 0.4) is 0 Å². The van der Waals surface area contributed by atoms with E-state index in [2.05, 4.69) is 0 Å². The van der Waals surface area contributed by atoms with Gasteiger partial charge in [0.15, 0.2) is 0 Å². The standard InChI is InChI=1S/C7H7FO2S/c8-5-1-3-6(4-2-5)11-7(9)10/h1-4,9-11H. The summed E-state index contributed by atoms with van der Waals surface area (Å²) in [5, 5.41) is 16.2. The summed E-state index contributed by atoms with van der Waals surface area (Å²) in [5.41, 5.74) is 0. The molecule has 0 radical (unpaired) electrons. The first-order valence-corrected chi connectivity index (χ1v) is 3.80. The number of hydrogen-bond donors (Lipinski definition) is 3. The second kappa shape index (κ2) is 3.61. The first-order valence-electron chi connectivity index (χ1n) is 2.90. The van der Waals surface area contributed by atoms with Crippen LogP contribution in [0.15, 0.2) is 29.2 Å². The van der Waals surface area contributed by atoms with E-state index in [9.17, 15) is 4.39 Å². The molecule has 0 aromatic heterocycles. The van der Waals surface area contributed by atoms with Crippen LogP contribution in [0, 0.1) is 5.82 Å². The van der Waals surface area contributed by atoms with E-state index in [1.807, 2.05) is 0 Å². The van der Waals surface area contributed by atoms with E-state index in [-0.39, 0.29) is 5.82 Å². The van der Waals surface area contributed by atoms with Gasteiger partial charge in [0, 0.05) is 4.90 Å². The van der Waals surface area contributed by atoms with Crippen molar-refractivity contribution in [1.29, 1.82) is 0 Å². The lowest BCUT2D eigenvalue weighted by molar-refractivity contribution is 0.385. The van der Waals surface area contributed by atoms with Crippen molar-refractivity contribution in [2.75, 3.05) is 0 Å². The summed E-state index contributed by atoms with van der Waals surface area (Å²) in [6, 6.07) is 5.52. The third-order valence-corrected chi connectivity index (χ3v) is 1.81. The van der Waals surface area contributed by atoms with Crippen molar-refractivity contribution in [3.05, 3.63) is 30.1 Å². The Morgan fingerprint density at radius 2 is 1.73 bits per heavy atom. The predicted octanol–water partition coefficient (Wildman–Crippen LogP) is 1.85. The van der Waals surface area contributed by atoms with Gasteiger partial charge in [-0.1, -0.05) is 0 Å². The first kappa shape index (κ1) is 8.39. The van der Waals surface area contributed by atoms with Crippen LogP contribution in [0.4, 0.5) is 4.39 Å². The third-order valence-electron chi connectivity index (χ3n) is 1.06. The van der Waals surface area contributed by atoms with Crippen LogP contribution in [0.25, 0.3) is 0 Å². The SMILES string of the molecule is OC(O)=[SH]c1ccc(F)cc1. The molecule has 0 fully saturated rings. The highest BCUT2D eigenvalue weighted by molar-refractivity contribution is 7.98. The summed E-state index contributed by atoms with van der Waals surface area (Å²) >= 11 is 0.293. The van der Waals surface area contributed by atoms with Gasteiger partial charge in [-0.2, -0.15) is 0 Å². The van der Waals surface area contributed by atoms with E-state index in [0.717, 1.165) is 0 Å². The number of aliphatic hydroxyl groups excluding tert-OH is 1. The molecule has 2 nitrogen and oxygen atoms in total. The molecule has 0 bridgehead atoms. The molecule has 0 saturated carbocycles. The van der Waals surface area contributed by atoms with Gasteiger partial charge in [0.25, 0.3) is 0 Å². The molecule has 2 N–H and O–H groups in total. The topological polar surface area (TPSA) is 40.5 Å². The molecule has 0 spiro atoms. The zero-order valence-corrected chi connectivity index (χ0v) is 6.42. The van der Waals surface area contributed by atoms with E-state index >= 15 is 0 Å². The van der Waals surface area contributed by atoms with Crippen LogP contribution in [-0.2, 0) is 0 Å². The van der Waals surface area contributed by atoms with Gasteiger partial charge in [-0.15, -0.1) is 11.4 Å². The van der Waals surface area contributed by atoms with Crippen LogP contribution >= 0.6 is 11.4 Å². The van der Waals surface area contributed by atoms with E-state index in [1.54, 1.807) is 0 Å². The zero-order chi connectivity index (χ0) is 8.27. The lowest BCUT2D eigenvalue weighted by Gasteiger charge is -1.92. The predicted molar refractivity (Wildman–Crippen MR) is 43.9 cm³/mol. The summed E-state index contributed by atoms with van der Waals surface area (Å²) in [4.78, 5) is 0.645. The Labute approximate surface area is 66.9 Å². The van der Waals surface area contributed by atoms with Gasteiger partial charge in [-0.25, -0.2) is 4.39 Å². The largest absolute Gasteiger partial charge is 0.337 e. The van der Waals surface area contributed by atoms with Gasteiger partial charge >= 0.3 is 0 Å². The van der Waals surface area contributed by atoms with Crippen molar-refractivity contribution in [3.8, 4) is 0 Å². The lowest BCUT2D eigenvalue weighted by Crippen LogP contribution is -1.86. The van der Waals surface area contributed by atoms with Crippen molar-refractivity contribution in [2.24, 2.45) is 0 Å². The summed E-state index contributed by atoms with van der Waals surface area (Å²) in [6.07, 6.45) is 0. The minimum Gasteiger partial charge on any atom is -0.337 e. The number of hydrogen-bond acceptors (Lipinski definition) is 0. The molecule has 1 rings (SSSR count). The number of rotatable bonds is 1. The molecule has 1 aromatic carbocycles. The average molecular weight is 174 g/mol. The fraction of sp³-hybridized carbons (Fsp3) is 0. The average Bonchev–Trinajstić information content (AvgIpc) is 1.93. The quantitative estimate of drug-likeness (QED) is 0.449. The summed E-state index contributed by atoms with van der Waals surface area (Å²) < 4.78 is 12.3. The number of aliphatic hydroxyl groups is 2. The van der Waals surface area contributed by atoms with Crippen LogP contribution < -0.4 is 0 Å². The Balaban J connectivity index is 2.91. The Morgan fingerprint density at radius 3 is 2.18 bits per heavy atom. The zero-order valence-electron chi connectivity index (χ0n) is 5.53. The number of halogens is 1. The Hall–Kier alpha value is -0.710. The Morgan fingerprint density at radius 1 is 1.18 bits per heavy atom. The van der Waals surface area contributed by atoms with Crippen molar-refractivity contribution >= 4 is 16.6 Å². The molecule has 0 unspecified atom stereocenters. The maximum atomic E-state index is 12.3. The molecule has 0 heterocycles. The lowest BCUT2D eigenvalue weighted by atomic mass is 10.4. The molecule has 0 aliphatic rings. The Bertz CT molecular complexity index is 264. The van der Waals surface area contributed by atoms with Crippen LogP contribution in [0.2, 0.25) is 0 Å². The molecule has 11 heavy (non-hydrogen) atoms. The monoisotopic (exact) mass is 174 g/mol. The van der Waals surface area contributed by atoms with E-state index in [4.69, 9.17) is 10.2 Å². The molecule has 0 atom stereocenters. The molecule has 1 aromatic rings. The highest BCUT2D eigenvalue weighted by Gasteiger charge is 1.89. The number of thiol groups is 1. The maximum absolute atomic E-state index is 12.3. The van der Waals surface area contributed by atoms with Gasteiger partial charge in [0.1, 0.15) is 5.82 Å². The first-order chi connectivity index (χ1) is 5.18. The molecule has 0 aliphatic heterocycles. The molecular weight excluding hydrogens is 167 g/mol. The molecule has 4 heteroatoms. The Kier molecular flexibility index (Phi) is 2.76. The molecule has 60 valence electrons. The minimum absolute atomic E-state index is 0.293. The van der Waals surface area contributed by atoms with Gasteiger partial charge in [-0.3, -0.25) is 0 Å². The van der Waals surface area contributed by atoms with Gasteiger partial charge in [0.2, 0.25) is 5.24 Å². The van der Waals surface area contributed by atoms with E-state index < -0.39 is 5.24 Å². The maximum Gasteiger partial charge on any atom is 0.206 e. The van der Waals surface area contributed by atoms with Gasteiger partial charge in [-0.05, 0) is 24.3 Å². The highest BCUT2D eigenvalue weighted by atomic mass is 32.1. The molecular formula is C7H7FO2S. The third kappa shape index (κ3) is 2.80. The highest BCUT2D eigenvalue weighted by Crippen LogP contribution is 2.10. The van der Waals surface area contributed by atoms with E-state index in [1.165, 1.54) is 24.3 Å². The van der Waals surface area contributed by atoms with Crippen LogP contribution in [-0.4, -0.2) is 15.4 Å². The molecule has 0 amide bonds. The van der Waals surface area contributed by atoms with Gasteiger partial charge in [0.05, 0.1) is 0 Å². The van der Waals surface area contributed by atoms with Crippen LogP contribution in [0.5, 0.6) is 0 Å². The molecule has 0 saturated heterocycles. The summed E-state index contributed by atoms with van der Waals surface area (Å²) in [5.74, 6) is -0.332. The van der Waals surface area contributed by atoms with Crippen molar-refractivity contribution < 1.29 is 14.6 Å². The molecule has 0 aliphatic carbocycles. The smallest absolute Gasteiger partial charge is 0.206 e. The van der Waals surface area contributed by atoms with E-state index in [0.29, 0.717) is 16.2 Å². The summed E-state index contributed by atoms with van der Waals surface area (Å²) in [7, 11) is 0. The number of benzene rings is 1. The fourth-order valence-electron chi connectivity index (χ4n) is 0.631. The van der Waals surface area contributed by atoms with Gasteiger partial charge < -0.3 is 10.2 Å². The second-order valence-electron chi connectivity index (χ2n) is 1.89. The normalized spacial score (nSPS) is 9.73. The van der Waals surface area contributed by atoms with Crippen molar-refractivity contribution in [3.63, 3.8) is 0 Å². The fourth-order valence-corrected chi connectivity index (χ4v) is 1.16. The minimum atomic E-state index is -0.684. The van der Waals surface area contributed by atoms with Crippen molar-refractivity contribution in [1.82, 2.24) is 0 Å². The second-order valence-corrected chi connectivity index (χ2v) is 3.03. The van der Waals surface area contributed by atoms with Crippen molar-refractivity contribution in [2.45, 2.75) is 4.90 Å². The van der Waals surface area contributed by atoms with Crippen LogP contribution in [0.1, 0.15) is 0 Å².